The molecule has 2 aliphatic carbocycles. The van der Waals surface area contributed by atoms with Gasteiger partial charge in [0.2, 0.25) is 15.9 Å². The predicted molar refractivity (Wildman–Crippen MR) is 187 cm³/mol. The molecule has 48 heavy (non-hydrogen) atoms. The lowest BCUT2D eigenvalue weighted by molar-refractivity contribution is -0.119. The van der Waals surface area contributed by atoms with Crippen molar-refractivity contribution in [3.8, 4) is 0 Å². The van der Waals surface area contributed by atoms with Crippen molar-refractivity contribution in [3.05, 3.63) is 81.7 Å². The van der Waals surface area contributed by atoms with Gasteiger partial charge in [0, 0.05) is 49.1 Å². The van der Waals surface area contributed by atoms with Crippen LogP contribution in [0, 0.1) is 0 Å². The Morgan fingerprint density at radius 3 is 2.06 bits per heavy atom. The van der Waals surface area contributed by atoms with E-state index < -0.39 is 27.7 Å². The minimum Gasteiger partial charge on any atom is -0.313 e. The monoisotopic (exact) mass is 691 g/mol. The van der Waals surface area contributed by atoms with Crippen molar-refractivity contribution in [2.45, 2.75) is 108 Å². The molecular weight excluding hydrogens is 647 g/mol. The van der Waals surface area contributed by atoms with E-state index in [-0.39, 0.29) is 17.0 Å². The van der Waals surface area contributed by atoms with Gasteiger partial charge in [-0.1, -0.05) is 68.9 Å². The number of nitrogens with zero attached hydrogens (tertiary/aromatic N) is 2. The van der Waals surface area contributed by atoms with Crippen molar-refractivity contribution in [1.29, 1.82) is 0 Å². The number of amides is 3. The topological polar surface area (TPSA) is 128 Å². The van der Waals surface area contributed by atoms with E-state index in [4.69, 9.17) is 0 Å². The summed E-state index contributed by atoms with van der Waals surface area (Å²) < 4.78 is 30.1. The molecule has 6 rings (SSSR count). The van der Waals surface area contributed by atoms with Crippen LogP contribution in [-0.4, -0.2) is 54.0 Å². The molecule has 2 fully saturated rings. The quantitative estimate of drug-likeness (QED) is 0.237. The largest absolute Gasteiger partial charge is 0.313 e. The van der Waals surface area contributed by atoms with Crippen molar-refractivity contribution in [1.82, 2.24) is 20.1 Å². The average molecular weight is 692 g/mol. The molecular formula is C36H45N5O5S2. The first-order valence-electron chi connectivity index (χ1n) is 17.1. The molecule has 0 radical (unpaired) electrons. The molecule has 0 spiro atoms. The van der Waals surface area contributed by atoms with Crippen LogP contribution in [0.5, 0.6) is 0 Å². The smallest absolute Gasteiger partial charge is 0.272 e. The Bertz CT molecular complexity index is 1690. The number of sulfonamides is 1. The van der Waals surface area contributed by atoms with E-state index in [9.17, 15) is 22.8 Å². The van der Waals surface area contributed by atoms with E-state index in [0.717, 1.165) is 87.7 Å². The number of anilines is 1. The van der Waals surface area contributed by atoms with Crippen molar-refractivity contribution in [2.75, 3.05) is 11.9 Å². The Labute approximate surface area is 287 Å². The van der Waals surface area contributed by atoms with E-state index >= 15 is 0 Å². The third kappa shape index (κ3) is 7.83. The van der Waals surface area contributed by atoms with Crippen molar-refractivity contribution < 1.29 is 22.8 Å². The molecule has 10 nitrogen and oxygen atoms in total. The molecule has 1 aromatic heterocycles. The highest BCUT2D eigenvalue weighted by Gasteiger charge is 2.38. The Morgan fingerprint density at radius 1 is 0.833 bits per heavy atom. The SMILES string of the molecule is CC(=O)NNC(=O)c1c(NC(=O)c2ccc(S(=O)(=O)N(C3CCCCC3)C3CCCCC3)cc2)sc2c1CCN(Cc1ccccc1)C2. The first-order chi connectivity index (χ1) is 23.2. The fraction of sp³-hybridized carbons (Fsp3) is 0.472. The van der Waals surface area contributed by atoms with Crippen LogP contribution in [0.25, 0.3) is 0 Å². The van der Waals surface area contributed by atoms with Gasteiger partial charge in [0.25, 0.3) is 11.8 Å². The highest BCUT2D eigenvalue weighted by molar-refractivity contribution is 7.89. The number of thiophene rings is 1. The zero-order chi connectivity index (χ0) is 33.7. The van der Waals surface area contributed by atoms with Gasteiger partial charge in [-0.05, 0) is 67.5 Å². The summed E-state index contributed by atoms with van der Waals surface area (Å²) in [6.07, 6.45) is 10.7. The summed E-state index contributed by atoms with van der Waals surface area (Å²) in [5, 5.41) is 3.32. The summed E-state index contributed by atoms with van der Waals surface area (Å²) in [5.41, 5.74) is 7.50. The molecule has 0 saturated heterocycles. The van der Waals surface area contributed by atoms with E-state index in [1.807, 2.05) is 22.5 Å². The molecule has 256 valence electrons. The van der Waals surface area contributed by atoms with E-state index in [1.54, 1.807) is 12.1 Å². The Morgan fingerprint density at radius 2 is 1.46 bits per heavy atom. The maximum absolute atomic E-state index is 14.1. The third-order valence-corrected chi connectivity index (χ3v) is 12.9. The van der Waals surface area contributed by atoms with Crippen LogP contribution >= 0.6 is 11.3 Å². The lowest BCUT2D eigenvalue weighted by atomic mass is 9.91. The molecule has 3 aromatic rings. The van der Waals surface area contributed by atoms with Crippen LogP contribution in [-0.2, 0) is 34.3 Å². The van der Waals surface area contributed by atoms with E-state index in [0.29, 0.717) is 29.1 Å². The average Bonchev–Trinajstić information content (AvgIpc) is 3.45. The van der Waals surface area contributed by atoms with Gasteiger partial charge in [0.15, 0.2) is 0 Å². The highest BCUT2D eigenvalue weighted by Crippen LogP contribution is 2.38. The minimum absolute atomic E-state index is 0.0189. The van der Waals surface area contributed by atoms with Crippen LogP contribution in [0.2, 0.25) is 0 Å². The summed E-state index contributed by atoms with van der Waals surface area (Å²) in [7, 11) is -3.75. The molecule has 3 aliphatic rings. The fourth-order valence-electron chi connectivity index (χ4n) is 7.41. The molecule has 1 aliphatic heterocycles. The number of benzene rings is 2. The lowest BCUT2D eigenvalue weighted by Gasteiger charge is -2.40. The van der Waals surface area contributed by atoms with E-state index in [2.05, 4.69) is 33.2 Å². The lowest BCUT2D eigenvalue weighted by Crippen LogP contribution is -2.48. The standard InChI is InChI=1S/C36H45N5O5S2/c1-25(42)38-39-35(44)33-31-21-22-40(23-26-11-5-2-6-12-26)24-32(31)47-36(33)37-34(43)27-17-19-30(20-18-27)48(45,46)41(28-13-7-3-8-14-28)29-15-9-4-10-16-29/h2,5-6,11-12,17-20,28-29H,3-4,7-10,13-16,21-24H2,1H3,(H,37,43)(H,38,42)(H,39,44). The highest BCUT2D eigenvalue weighted by atomic mass is 32.2. The maximum atomic E-state index is 14.1. The molecule has 0 atom stereocenters. The number of nitrogens with one attached hydrogen (secondary N) is 3. The number of hydrazine groups is 1. The van der Waals surface area contributed by atoms with Crippen molar-refractivity contribution >= 4 is 44.1 Å². The summed E-state index contributed by atoms with van der Waals surface area (Å²) in [6, 6.07) is 16.4. The van der Waals surface area contributed by atoms with Gasteiger partial charge >= 0.3 is 0 Å². The second-order valence-electron chi connectivity index (χ2n) is 13.2. The van der Waals surface area contributed by atoms with Gasteiger partial charge in [-0.25, -0.2) is 8.42 Å². The molecule has 3 N–H and O–H groups in total. The first kappa shape index (κ1) is 34.3. The van der Waals surface area contributed by atoms with Crippen LogP contribution in [0.4, 0.5) is 5.00 Å². The molecule has 0 bridgehead atoms. The van der Waals surface area contributed by atoms with Gasteiger partial charge in [-0.15, -0.1) is 11.3 Å². The van der Waals surface area contributed by atoms with Gasteiger partial charge in [-0.3, -0.25) is 30.1 Å². The summed E-state index contributed by atoms with van der Waals surface area (Å²) in [5.74, 6) is -1.35. The minimum atomic E-state index is -3.75. The molecule has 0 unspecified atom stereocenters. The Balaban J connectivity index is 1.22. The van der Waals surface area contributed by atoms with Gasteiger partial charge in [0.05, 0.1) is 10.5 Å². The van der Waals surface area contributed by atoms with Gasteiger partial charge in [-0.2, -0.15) is 4.31 Å². The molecule has 12 heteroatoms. The molecule has 3 amide bonds. The third-order valence-electron chi connectivity index (χ3n) is 9.75. The van der Waals surface area contributed by atoms with Crippen molar-refractivity contribution in [3.63, 3.8) is 0 Å². The van der Waals surface area contributed by atoms with Crippen LogP contribution < -0.4 is 16.2 Å². The molecule has 2 heterocycles. The Hall–Kier alpha value is -3.58. The van der Waals surface area contributed by atoms with Gasteiger partial charge in [0.1, 0.15) is 5.00 Å². The summed E-state index contributed by atoms with van der Waals surface area (Å²) in [4.78, 5) is 41.9. The summed E-state index contributed by atoms with van der Waals surface area (Å²) >= 11 is 1.36. The molecule has 2 saturated carbocycles. The number of hydrogen-bond donors (Lipinski definition) is 3. The number of carbonyl (C=O) groups is 3. The fourth-order valence-corrected chi connectivity index (χ4v) is 10.6. The first-order valence-corrected chi connectivity index (χ1v) is 19.4. The molecule has 2 aromatic carbocycles. The zero-order valence-corrected chi connectivity index (χ0v) is 29.1. The second-order valence-corrected chi connectivity index (χ2v) is 16.1. The maximum Gasteiger partial charge on any atom is 0.272 e. The van der Waals surface area contributed by atoms with Crippen LogP contribution in [0.15, 0.2) is 59.5 Å². The van der Waals surface area contributed by atoms with Crippen LogP contribution in [0.1, 0.15) is 108 Å². The number of hydrogen-bond acceptors (Lipinski definition) is 7. The normalized spacial score (nSPS) is 17.9. The predicted octanol–water partition coefficient (Wildman–Crippen LogP) is 6.00. The van der Waals surface area contributed by atoms with E-state index in [1.165, 1.54) is 36.0 Å². The summed E-state index contributed by atoms with van der Waals surface area (Å²) in [6.45, 7) is 3.43. The number of fused-ring (bicyclic) bond motifs is 1. The van der Waals surface area contributed by atoms with Crippen molar-refractivity contribution in [2.24, 2.45) is 0 Å². The van der Waals surface area contributed by atoms with Gasteiger partial charge < -0.3 is 5.32 Å². The zero-order valence-electron chi connectivity index (χ0n) is 27.5. The second kappa shape index (κ2) is 15.3. The number of rotatable bonds is 9. The number of carbonyl (C=O) groups excluding carboxylic acids is 3. The Kier molecular flexibility index (Phi) is 10.9. The van der Waals surface area contributed by atoms with Crippen LogP contribution in [0.3, 0.4) is 0 Å².